The molecular formula is C48H33N. The second kappa shape index (κ2) is 12.3. The first kappa shape index (κ1) is 28.8. The van der Waals surface area contributed by atoms with E-state index < -0.39 is 0 Å². The normalized spacial score (nSPS) is 11.3. The summed E-state index contributed by atoms with van der Waals surface area (Å²) >= 11 is 0. The van der Waals surface area contributed by atoms with Gasteiger partial charge in [-0.3, -0.25) is 0 Å². The summed E-state index contributed by atoms with van der Waals surface area (Å²) in [4.78, 5) is 2.38. The van der Waals surface area contributed by atoms with Crippen LogP contribution in [0.2, 0.25) is 0 Å². The highest BCUT2D eigenvalue weighted by molar-refractivity contribution is 6.24. The fourth-order valence-electron chi connectivity index (χ4n) is 7.27. The van der Waals surface area contributed by atoms with Crippen molar-refractivity contribution in [2.75, 3.05) is 4.90 Å². The van der Waals surface area contributed by atoms with Crippen LogP contribution in [-0.4, -0.2) is 0 Å². The number of benzene rings is 9. The van der Waals surface area contributed by atoms with Gasteiger partial charge in [0.05, 0.1) is 0 Å². The maximum Gasteiger partial charge on any atom is 0.0473 e. The lowest BCUT2D eigenvalue weighted by molar-refractivity contribution is 1.28. The quantitative estimate of drug-likeness (QED) is 0.167. The minimum Gasteiger partial charge on any atom is -0.310 e. The smallest absolute Gasteiger partial charge is 0.0473 e. The standard InChI is InChI=1S/C48H33N/c1-4-13-34(14-5-1)36-27-29-43(30-28-36)49(42-19-8-3-9-20-42)44-32-40(35-15-6-2-7-16-35)31-41(33-44)46-22-12-18-38-25-26-39-24-23-37-17-10-11-21-45(37)48(39)47(38)46/h1-33H. The molecule has 0 aliphatic heterocycles. The van der Waals surface area contributed by atoms with Crippen molar-refractivity contribution in [1.82, 2.24) is 0 Å². The molecule has 0 atom stereocenters. The number of fused-ring (bicyclic) bond motifs is 5. The minimum atomic E-state index is 1.11. The maximum absolute atomic E-state index is 2.38. The third kappa shape index (κ3) is 5.32. The lowest BCUT2D eigenvalue weighted by atomic mass is 9.89. The van der Waals surface area contributed by atoms with Crippen LogP contribution >= 0.6 is 0 Å². The summed E-state index contributed by atoms with van der Waals surface area (Å²) < 4.78 is 0. The first-order valence-electron chi connectivity index (χ1n) is 16.8. The van der Waals surface area contributed by atoms with E-state index in [1.807, 2.05) is 0 Å². The summed E-state index contributed by atoms with van der Waals surface area (Å²) in [6, 6.07) is 72.5. The number of nitrogens with zero attached hydrogens (tertiary/aromatic N) is 1. The van der Waals surface area contributed by atoms with Crippen LogP contribution in [-0.2, 0) is 0 Å². The van der Waals surface area contributed by atoms with Gasteiger partial charge in [-0.1, -0.05) is 158 Å². The molecule has 0 radical (unpaired) electrons. The third-order valence-electron chi connectivity index (χ3n) is 9.59. The highest BCUT2D eigenvalue weighted by atomic mass is 15.1. The Morgan fingerprint density at radius 1 is 0.265 bits per heavy atom. The van der Waals surface area contributed by atoms with Crippen LogP contribution < -0.4 is 4.90 Å². The Morgan fingerprint density at radius 2 is 0.776 bits per heavy atom. The van der Waals surface area contributed by atoms with Gasteiger partial charge in [-0.25, -0.2) is 0 Å². The molecule has 0 fully saturated rings. The van der Waals surface area contributed by atoms with Crippen LogP contribution in [0.1, 0.15) is 0 Å². The molecule has 0 unspecified atom stereocenters. The Hall–Kier alpha value is -6.44. The summed E-state index contributed by atoms with van der Waals surface area (Å²) in [6.45, 7) is 0. The van der Waals surface area contributed by atoms with Gasteiger partial charge in [0, 0.05) is 17.1 Å². The number of anilines is 3. The van der Waals surface area contributed by atoms with Gasteiger partial charge < -0.3 is 4.90 Å². The average Bonchev–Trinajstić information content (AvgIpc) is 3.19. The molecule has 0 bridgehead atoms. The maximum atomic E-state index is 2.38. The van der Waals surface area contributed by atoms with E-state index in [1.165, 1.54) is 65.7 Å². The van der Waals surface area contributed by atoms with Crippen molar-refractivity contribution in [3.05, 3.63) is 200 Å². The van der Waals surface area contributed by atoms with Crippen molar-refractivity contribution in [2.24, 2.45) is 0 Å². The Labute approximate surface area is 287 Å². The van der Waals surface area contributed by atoms with Crippen LogP contribution in [0.3, 0.4) is 0 Å². The minimum absolute atomic E-state index is 1.11. The molecule has 0 aromatic heterocycles. The van der Waals surface area contributed by atoms with E-state index in [9.17, 15) is 0 Å². The van der Waals surface area contributed by atoms with E-state index in [-0.39, 0.29) is 0 Å². The summed E-state index contributed by atoms with van der Waals surface area (Å²) in [5.74, 6) is 0. The number of rotatable bonds is 6. The van der Waals surface area contributed by atoms with E-state index in [0.717, 1.165) is 17.1 Å². The molecule has 230 valence electrons. The zero-order valence-corrected chi connectivity index (χ0v) is 27.0. The molecule has 0 spiro atoms. The summed E-state index contributed by atoms with van der Waals surface area (Å²) in [6.07, 6.45) is 0. The van der Waals surface area contributed by atoms with Gasteiger partial charge in [0.2, 0.25) is 0 Å². The van der Waals surface area contributed by atoms with Crippen molar-refractivity contribution in [3.63, 3.8) is 0 Å². The molecule has 9 aromatic rings. The zero-order chi connectivity index (χ0) is 32.6. The molecule has 0 saturated carbocycles. The number of hydrogen-bond donors (Lipinski definition) is 0. The average molecular weight is 624 g/mol. The van der Waals surface area contributed by atoms with Gasteiger partial charge in [0.15, 0.2) is 0 Å². The van der Waals surface area contributed by atoms with Gasteiger partial charge >= 0.3 is 0 Å². The summed E-state index contributed by atoms with van der Waals surface area (Å²) in [5, 5.41) is 7.61. The lowest BCUT2D eigenvalue weighted by Crippen LogP contribution is -2.10. The molecule has 0 amide bonds. The highest BCUT2D eigenvalue weighted by Crippen LogP contribution is 2.43. The van der Waals surface area contributed by atoms with Gasteiger partial charge in [-0.15, -0.1) is 0 Å². The van der Waals surface area contributed by atoms with Crippen molar-refractivity contribution in [1.29, 1.82) is 0 Å². The monoisotopic (exact) mass is 623 g/mol. The van der Waals surface area contributed by atoms with Crippen LogP contribution in [0, 0.1) is 0 Å². The van der Waals surface area contributed by atoms with Crippen molar-refractivity contribution in [2.45, 2.75) is 0 Å². The molecule has 9 aromatic carbocycles. The molecule has 0 heterocycles. The van der Waals surface area contributed by atoms with Crippen LogP contribution in [0.4, 0.5) is 17.1 Å². The Balaban J connectivity index is 1.31. The number of para-hydroxylation sites is 1. The highest BCUT2D eigenvalue weighted by Gasteiger charge is 2.18. The van der Waals surface area contributed by atoms with Crippen molar-refractivity contribution in [3.8, 4) is 33.4 Å². The molecule has 0 saturated heterocycles. The lowest BCUT2D eigenvalue weighted by Gasteiger charge is -2.27. The fraction of sp³-hybridized carbons (Fsp3) is 0. The zero-order valence-electron chi connectivity index (χ0n) is 27.0. The van der Waals surface area contributed by atoms with Crippen LogP contribution in [0.25, 0.3) is 65.7 Å². The van der Waals surface area contributed by atoms with E-state index in [4.69, 9.17) is 0 Å². The van der Waals surface area contributed by atoms with E-state index >= 15 is 0 Å². The molecular weight excluding hydrogens is 591 g/mol. The van der Waals surface area contributed by atoms with Gasteiger partial charge in [0.1, 0.15) is 0 Å². The molecule has 0 aliphatic rings. The molecule has 1 nitrogen and oxygen atoms in total. The predicted molar refractivity (Wildman–Crippen MR) is 210 cm³/mol. The molecule has 49 heavy (non-hydrogen) atoms. The Morgan fingerprint density at radius 3 is 1.49 bits per heavy atom. The fourth-order valence-corrected chi connectivity index (χ4v) is 7.27. The van der Waals surface area contributed by atoms with Gasteiger partial charge in [-0.05, 0) is 108 Å². The first-order valence-corrected chi connectivity index (χ1v) is 16.8. The summed E-state index contributed by atoms with van der Waals surface area (Å²) in [5.41, 5.74) is 10.5. The topological polar surface area (TPSA) is 3.24 Å². The Kier molecular flexibility index (Phi) is 7.22. The molecule has 0 aliphatic carbocycles. The Bertz CT molecular complexity index is 2570. The second-order valence-electron chi connectivity index (χ2n) is 12.6. The van der Waals surface area contributed by atoms with E-state index in [1.54, 1.807) is 0 Å². The van der Waals surface area contributed by atoms with E-state index in [0.29, 0.717) is 0 Å². The molecule has 0 N–H and O–H groups in total. The van der Waals surface area contributed by atoms with E-state index in [2.05, 4.69) is 205 Å². The largest absolute Gasteiger partial charge is 0.310 e. The van der Waals surface area contributed by atoms with Crippen LogP contribution in [0.15, 0.2) is 200 Å². The van der Waals surface area contributed by atoms with Crippen molar-refractivity contribution >= 4 is 49.4 Å². The SMILES string of the molecule is c1ccc(-c2ccc(N(c3ccccc3)c3cc(-c4ccccc4)cc(-c4cccc5ccc6ccc7ccccc7c6c45)c3)cc2)cc1. The van der Waals surface area contributed by atoms with Crippen molar-refractivity contribution < 1.29 is 0 Å². The summed E-state index contributed by atoms with van der Waals surface area (Å²) in [7, 11) is 0. The van der Waals surface area contributed by atoms with Gasteiger partial charge in [0.25, 0.3) is 0 Å². The second-order valence-corrected chi connectivity index (χ2v) is 12.6. The molecule has 9 rings (SSSR count). The predicted octanol–water partition coefficient (Wildman–Crippen LogP) is 13.6. The third-order valence-corrected chi connectivity index (χ3v) is 9.59. The molecule has 1 heteroatoms. The number of hydrogen-bond acceptors (Lipinski definition) is 1. The van der Waals surface area contributed by atoms with Crippen LogP contribution in [0.5, 0.6) is 0 Å². The first-order chi connectivity index (χ1) is 24.3. The van der Waals surface area contributed by atoms with Gasteiger partial charge in [-0.2, -0.15) is 0 Å².